The molecule has 0 aliphatic rings. The molecule has 0 aromatic rings. The lowest BCUT2D eigenvalue weighted by atomic mass is 10.1. The molecule has 0 fully saturated rings. The number of rotatable bonds is 8. The number of carbonyl (C=O) groups is 3. The fraction of sp³-hybridized carbons (Fsp3) is 0.786. The van der Waals surface area contributed by atoms with Gasteiger partial charge in [-0.2, -0.15) is 0 Å². The highest BCUT2D eigenvalue weighted by Gasteiger charge is 2.21. The Bertz CT molecular complexity index is 382. The number of carbonyl (C=O) groups excluding carboxylic acids is 3. The van der Waals surface area contributed by atoms with Gasteiger partial charge in [-0.05, 0) is 40.0 Å². The number of methoxy groups -OCH3 is 1. The summed E-state index contributed by atoms with van der Waals surface area (Å²) in [7, 11) is 1.30. The van der Waals surface area contributed by atoms with Crippen molar-refractivity contribution in [1.82, 2.24) is 10.6 Å². The highest BCUT2D eigenvalue weighted by atomic mass is 32.1. The average molecular weight is 334 g/mol. The summed E-state index contributed by atoms with van der Waals surface area (Å²) in [6, 6.07) is -0.367. The normalized spacial score (nSPS) is 12.2. The Kier molecular flexibility index (Phi) is 9.64. The molecule has 0 aromatic heterocycles. The second-order valence-electron chi connectivity index (χ2n) is 5.85. The molecule has 2 N–H and O–H groups in total. The van der Waals surface area contributed by atoms with E-state index in [4.69, 9.17) is 4.74 Å². The van der Waals surface area contributed by atoms with Gasteiger partial charge < -0.3 is 20.1 Å². The summed E-state index contributed by atoms with van der Waals surface area (Å²) in [6.07, 6.45) is 1.54. The first-order valence-electron chi connectivity index (χ1n) is 7.17. The third kappa shape index (κ3) is 12.3. The van der Waals surface area contributed by atoms with Gasteiger partial charge in [-0.15, -0.1) is 0 Å². The monoisotopic (exact) mass is 334 g/mol. The van der Waals surface area contributed by atoms with Gasteiger partial charge >= 0.3 is 12.1 Å². The van der Waals surface area contributed by atoms with Crippen LogP contribution in [0.5, 0.6) is 0 Å². The quantitative estimate of drug-likeness (QED) is 0.360. The van der Waals surface area contributed by atoms with Crippen molar-refractivity contribution in [1.29, 1.82) is 0 Å². The minimum atomic E-state index is -0.600. The number of amides is 2. The van der Waals surface area contributed by atoms with Crippen LogP contribution in [0.2, 0.25) is 0 Å². The largest absolute Gasteiger partial charge is 0.469 e. The van der Waals surface area contributed by atoms with Gasteiger partial charge in [0.05, 0.1) is 13.5 Å². The van der Waals surface area contributed by atoms with E-state index < -0.39 is 17.7 Å². The first-order valence-corrected chi connectivity index (χ1v) is 7.62. The summed E-state index contributed by atoms with van der Waals surface area (Å²) in [5.41, 5.74) is -0.600. The van der Waals surface area contributed by atoms with Crippen molar-refractivity contribution >= 4 is 29.9 Å². The zero-order valence-electron chi connectivity index (χ0n) is 13.6. The lowest BCUT2D eigenvalue weighted by molar-refractivity contribution is -0.141. The topological polar surface area (TPSA) is 93.7 Å². The van der Waals surface area contributed by atoms with Crippen LogP contribution in [0.1, 0.15) is 46.5 Å². The van der Waals surface area contributed by atoms with Crippen molar-refractivity contribution in [3.8, 4) is 0 Å². The van der Waals surface area contributed by atoms with Gasteiger partial charge in [0, 0.05) is 12.6 Å². The predicted molar refractivity (Wildman–Crippen MR) is 86.0 cm³/mol. The van der Waals surface area contributed by atoms with E-state index in [0.29, 0.717) is 13.0 Å². The number of thiol groups is 1. The fourth-order valence-electron chi connectivity index (χ4n) is 1.70. The van der Waals surface area contributed by atoms with E-state index in [1.54, 1.807) is 20.8 Å². The third-order valence-corrected chi connectivity index (χ3v) is 2.78. The molecule has 0 heterocycles. The zero-order chi connectivity index (χ0) is 17.2. The molecule has 0 spiro atoms. The second-order valence-corrected chi connectivity index (χ2v) is 6.26. The van der Waals surface area contributed by atoms with Gasteiger partial charge in [-0.3, -0.25) is 9.59 Å². The molecule has 0 saturated carbocycles. The first kappa shape index (κ1) is 20.6. The number of nitrogens with one attached hydrogen (secondary N) is 2. The molecule has 0 aliphatic heterocycles. The molecule has 0 bridgehead atoms. The Morgan fingerprint density at radius 3 is 2.32 bits per heavy atom. The van der Waals surface area contributed by atoms with E-state index in [1.165, 1.54) is 7.11 Å². The molecule has 8 heteroatoms. The molecule has 0 radical (unpaired) electrons. The molecular weight excluding hydrogens is 308 g/mol. The molecule has 0 unspecified atom stereocenters. The van der Waals surface area contributed by atoms with Crippen LogP contribution in [0.4, 0.5) is 9.59 Å². The van der Waals surface area contributed by atoms with Gasteiger partial charge in [-0.1, -0.05) is 12.6 Å². The Morgan fingerprint density at radius 2 is 1.82 bits per heavy atom. The maximum atomic E-state index is 11.8. The molecule has 22 heavy (non-hydrogen) atoms. The third-order valence-electron chi connectivity index (χ3n) is 2.62. The summed E-state index contributed by atoms with van der Waals surface area (Å²) in [4.78, 5) is 33.8. The molecule has 0 saturated heterocycles. The Labute approximate surface area is 136 Å². The number of ether oxygens (including phenoxy) is 2. The van der Waals surface area contributed by atoms with Crippen LogP contribution in [0.3, 0.4) is 0 Å². The van der Waals surface area contributed by atoms with Gasteiger partial charge in [0.25, 0.3) is 5.24 Å². The lowest BCUT2D eigenvalue weighted by Gasteiger charge is -2.23. The maximum absolute atomic E-state index is 11.8. The highest BCUT2D eigenvalue weighted by molar-refractivity contribution is 7.96. The van der Waals surface area contributed by atoms with E-state index in [-0.39, 0.29) is 17.7 Å². The van der Waals surface area contributed by atoms with E-state index in [1.807, 2.05) is 0 Å². The Balaban J connectivity index is 4.28. The minimum absolute atomic E-state index is 0.0780. The SMILES string of the molecule is COC(=O)C[C@H](CCCCNC(=O)S)NC(=O)OC(C)(C)C. The maximum Gasteiger partial charge on any atom is 0.407 e. The predicted octanol–water partition coefficient (Wildman–Crippen LogP) is 2.25. The van der Waals surface area contributed by atoms with Crippen LogP contribution in [0, 0.1) is 0 Å². The van der Waals surface area contributed by atoms with Gasteiger partial charge in [-0.25, -0.2) is 4.79 Å². The Morgan fingerprint density at radius 1 is 1.18 bits per heavy atom. The lowest BCUT2D eigenvalue weighted by Crippen LogP contribution is -2.40. The van der Waals surface area contributed by atoms with Crippen LogP contribution in [0.25, 0.3) is 0 Å². The summed E-state index contributed by atoms with van der Waals surface area (Å²) in [6.45, 7) is 5.80. The van der Waals surface area contributed by atoms with Crippen LogP contribution >= 0.6 is 12.6 Å². The highest BCUT2D eigenvalue weighted by Crippen LogP contribution is 2.10. The van der Waals surface area contributed by atoms with Crippen LogP contribution in [0.15, 0.2) is 0 Å². The number of alkyl carbamates (subject to hydrolysis) is 1. The van der Waals surface area contributed by atoms with Crippen molar-refractivity contribution < 1.29 is 23.9 Å². The molecule has 0 aliphatic carbocycles. The number of unbranched alkanes of at least 4 members (excludes halogenated alkanes) is 1. The van der Waals surface area contributed by atoms with Crippen molar-refractivity contribution in [3.63, 3.8) is 0 Å². The van der Waals surface area contributed by atoms with E-state index in [0.717, 1.165) is 12.8 Å². The molecule has 128 valence electrons. The zero-order valence-corrected chi connectivity index (χ0v) is 14.5. The number of esters is 1. The second kappa shape index (κ2) is 10.3. The van der Waals surface area contributed by atoms with Crippen LogP contribution < -0.4 is 10.6 Å². The van der Waals surface area contributed by atoms with E-state index in [2.05, 4.69) is 28.0 Å². The van der Waals surface area contributed by atoms with Gasteiger partial charge in [0.15, 0.2) is 0 Å². The fourth-order valence-corrected chi connectivity index (χ4v) is 1.81. The van der Waals surface area contributed by atoms with Crippen LogP contribution in [-0.4, -0.2) is 42.6 Å². The standard InChI is InChI=1S/C14H26N2O5S/c1-14(2,3)21-12(18)16-10(9-11(17)20-4)7-5-6-8-15-13(19)22/h10H,5-9H2,1-4H3,(H,16,18)(H2,15,19,22)/t10-/m0/s1. The van der Waals surface area contributed by atoms with E-state index in [9.17, 15) is 14.4 Å². The molecule has 1 atom stereocenters. The summed E-state index contributed by atoms with van der Waals surface area (Å²) >= 11 is 3.60. The number of hydrogen-bond donors (Lipinski definition) is 3. The van der Waals surface area contributed by atoms with Crippen molar-refractivity contribution in [2.45, 2.75) is 58.1 Å². The molecule has 0 aromatic carbocycles. The average Bonchev–Trinajstić information content (AvgIpc) is 2.35. The van der Waals surface area contributed by atoms with Crippen molar-refractivity contribution in [3.05, 3.63) is 0 Å². The smallest absolute Gasteiger partial charge is 0.407 e. The van der Waals surface area contributed by atoms with Crippen LogP contribution in [-0.2, 0) is 14.3 Å². The van der Waals surface area contributed by atoms with Crippen molar-refractivity contribution in [2.75, 3.05) is 13.7 Å². The minimum Gasteiger partial charge on any atom is -0.469 e. The molecule has 7 nitrogen and oxygen atoms in total. The number of hydrogen-bond acceptors (Lipinski definition) is 5. The summed E-state index contributed by atoms with van der Waals surface area (Å²) in [5, 5.41) is 4.86. The van der Waals surface area contributed by atoms with E-state index >= 15 is 0 Å². The summed E-state index contributed by atoms with van der Waals surface area (Å²) in [5.74, 6) is -0.398. The van der Waals surface area contributed by atoms with Gasteiger partial charge in [0.2, 0.25) is 0 Å². The molecule has 0 rings (SSSR count). The van der Waals surface area contributed by atoms with Crippen molar-refractivity contribution in [2.24, 2.45) is 0 Å². The molecular formula is C14H26N2O5S. The van der Waals surface area contributed by atoms with Gasteiger partial charge in [0.1, 0.15) is 5.60 Å². The Hall–Kier alpha value is -1.44. The summed E-state index contributed by atoms with van der Waals surface area (Å²) < 4.78 is 9.80. The molecule has 2 amide bonds. The first-order chi connectivity index (χ1) is 10.1.